The Morgan fingerprint density at radius 2 is 2.00 bits per heavy atom. The quantitative estimate of drug-likeness (QED) is 0.754. The number of benzene rings is 1. The number of hydrogen-bond acceptors (Lipinski definition) is 4. The number of aromatic nitrogens is 1. The number of halogens is 1. The van der Waals surface area contributed by atoms with E-state index in [4.69, 9.17) is 5.11 Å². The molecule has 0 spiro atoms. The first-order valence-electron chi connectivity index (χ1n) is 8.00. The van der Waals surface area contributed by atoms with Crippen LogP contribution in [0.25, 0.3) is 0 Å². The number of hydrogen-bond donors (Lipinski definition) is 2. The number of amides is 1. The topological polar surface area (TPSA) is 79.3 Å². The van der Waals surface area contributed by atoms with Crippen LogP contribution in [0.3, 0.4) is 0 Å². The van der Waals surface area contributed by atoms with Crippen LogP contribution in [-0.2, 0) is 22.4 Å². The molecule has 134 valence electrons. The second kappa shape index (κ2) is 8.20. The number of rotatable bonds is 8. The zero-order valence-corrected chi connectivity index (χ0v) is 15.0. The Morgan fingerprint density at radius 3 is 2.60 bits per heavy atom. The summed E-state index contributed by atoms with van der Waals surface area (Å²) in [4.78, 5) is 27.6. The fourth-order valence-corrected chi connectivity index (χ4v) is 3.25. The average Bonchev–Trinajstić information content (AvgIpc) is 2.95. The maximum absolute atomic E-state index is 12.9. The predicted octanol–water partition coefficient (Wildman–Crippen LogP) is 3.18. The third-order valence-electron chi connectivity index (χ3n) is 3.97. The standard InChI is InChI=1S/C18H21FN2O3S/c1-3-18(2,10-17(23)24)21-15(22)9-14-11-25-16(20-14)8-12-4-6-13(19)7-5-12/h4-7,11H,3,8-10H2,1-2H3,(H,21,22)(H,23,24). The highest BCUT2D eigenvalue weighted by Gasteiger charge is 2.27. The molecule has 0 saturated carbocycles. The molecule has 1 heterocycles. The monoisotopic (exact) mass is 364 g/mol. The van der Waals surface area contributed by atoms with Crippen molar-refractivity contribution in [3.63, 3.8) is 0 Å². The lowest BCUT2D eigenvalue weighted by molar-refractivity contribution is -0.139. The molecule has 2 N–H and O–H groups in total. The van der Waals surface area contributed by atoms with Crippen molar-refractivity contribution in [1.82, 2.24) is 10.3 Å². The first kappa shape index (κ1) is 19.1. The van der Waals surface area contributed by atoms with Gasteiger partial charge in [0.25, 0.3) is 0 Å². The summed E-state index contributed by atoms with van der Waals surface area (Å²) in [5.41, 5.74) is 0.829. The zero-order chi connectivity index (χ0) is 18.4. The van der Waals surface area contributed by atoms with Gasteiger partial charge in [0, 0.05) is 17.3 Å². The van der Waals surface area contributed by atoms with E-state index in [2.05, 4.69) is 10.3 Å². The first-order chi connectivity index (χ1) is 11.8. The molecule has 2 aromatic rings. The molecule has 0 aliphatic heterocycles. The second-order valence-corrected chi connectivity index (χ2v) is 7.19. The highest BCUT2D eigenvalue weighted by molar-refractivity contribution is 7.09. The Kier molecular flexibility index (Phi) is 6.25. The third kappa shape index (κ3) is 5.94. The minimum atomic E-state index is -0.945. The van der Waals surface area contributed by atoms with Crippen LogP contribution in [0, 0.1) is 5.82 Å². The Labute approximate surface area is 149 Å². The Balaban J connectivity index is 1.94. The summed E-state index contributed by atoms with van der Waals surface area (Å²) < 4.78 is 12.9. The minimum Gasteiger partial charge on any atom is -0.481 e. The van der Waals surface area contributed by atoms with Crippen molar-refractivity contribution in [2.75, 3.05) is 0 Å². The number of aliphatic carboxylic acids is 1. The van der Waals surface area contributed by atoms with Gasteiger partial charge in [-0.05, 0) is 31.0 Å². The summed E-state index contributed by atoms with van der Waals surface area (Å²) in [6, 6.07) is 6.24. The van der Waals surface area contributed by atoms with Crippen LogP contribution >= 0.6 is 11.3 Å². The second-order valence-electron chi connectivity index (χ2n) is 6.25. The van der Waals surface area contributed by atoms with Crippen molar-refractivity contribution in [3.05, 3.63) is 51.7 Å². The highest BCUT2D eigenvalue weighted by atomic mass is 32.1. The number of carboxylic acids is 1. The van der Waals surface area contributed by atoms with Crippen LogP contribution in [-0.4, -0.2) is 27.5 Å². The number of carbonyl (C=O) groups is 2. The number of nitrogens with one attached hydrogen (secondary N) is 1. The van der Waals surface area contributed by atoms with E-state index in [1.807, 2.05) is 12.3 Å². The van der Waals surface area contributed by atoms with Gasteiger partial charge in [0.2, 0.25) is 5.91 Å². The Hall–Kier alpha value is -2.28. The molecule has 1 atom stereocenters. The van der Waals surface area contributed by atoms with Crippen molar-refractivity contribution in [2.45, 2.75) is 45.1 Å². The average molecular weight is 364 g/mol. The normalized spacial score (nSPS) is 13.2. The minimum absolute atomic E-state index is 0.106. The maximum atomic E-state index is 12.9. The van der Waals surface area contributed by atoms with Crippen LogP contribution in [0.5, 0.6) is 0 Å². The van der Waals surface area contributed by atoms with E-state index < -0.39 is 11.5 Å². The molecule has 0 saturated heterocycles. The predicted molar refractivity (Wildman–Crippen MR) is 94.1 cm³/mol. The zero-order valence-electron chi connectivity index (χ0n) is 14.2. The first-order valence-corrected chi connectivity index (χ1v) is 8.88. The van der Waals surface area contributed by atoms with E-state index in [9.17, 15) is 14.0 Å². The molecule has 25 heavy (non-hydrogen) atoms. The molecular formula is C18H21FN2O3S. The fraction of sp³-hybridized carbons (Fsp3) is 0.389. The van der Waals surface area contributed by atoms with Gasteiger partial charge >= 0.3 is 5.97 Å². The van der Waals surface area contributed by atoms with Gasteiger partial charge in [-0.3, -0.25) is 9.59 Å². The van der Waals surface area contributed by atoms with Crippen LogP contribution in [0.1, 0.15) is 43.0 Å². The molecule has 0 aliphatic rings. The van der Waals surface area contributed by atoms with Crippen LogP contribution in [0.2, 0.25) is 0 Å². The van der Waals surface area contributed by atoms with Gasteiger partial charge in [0.1, 0.15) is 5.82 Å². The van der Waals surface area contributed by atoms with Crippen molar-refractivity contribution >= 4 is 23.2 Å². The van der Waals surface area contributed by atoms with Crippen LogP contribution in [0.4, 0.5) is 4.39 Å². The number of carbonyl (C=O) groups excluding carboxylic acids is 1. The van der Waals surface area contributed by atoms with Gasteiger partial charge < -0.3 is 10.4 Å². The SMILES string of the molecule is CCC(C)(CC(=O)O)NC(=O)Cc1csc(Cc2ccc(F)cc2)n1. The molecule has 7 heteroatoms. The molecule has 2 rings (SSSR count). The lowest BCUT2D eigenvalue weighted by Crippen LogP contribution is -2.47. The summed E-state index contributed by atoms with van der Waals surface area (Å²) in [6.45, 7) is 3.56. The molecule has 1 aromatic carbocycles. The molecule has 5 nitrogen and oxygen atoms in total. The van der Waals surface area contributed by atoms with Gasteiger partial charge in [0.15, 0.2) is 0 Å². The summed E-state index contributed by atoms with van der Waals surface area (Å²) in [5.74, 6) is -1.47. The van der Waals surface area contributed by atoms with Crippen molar-refractivity contribution in [2.24, 2.45) is 0 Å². The van der Waals surface area contributed by atoms with E-state index in [1.165, 1.54) is 23.5 Å². The van der Waals surface area contributed by atoms with E-state index in [-0.39, 0.29) is 24.6 Å². The van der Waals surface area contributed by atoms with Crippen molar-refractivity contribution in [1.29, 1.82) is 0 Å². The fourth-order valence-electron chi connectivity index (χ4n) is 2.42. The van der Waals surface area contributed by atoms with Crippen molar-refractivity contribution < 1.29 is 19.1 Å². The van der Waals surface area contributed by atoms with E-state index in [0.717, 1.165) is 10.6 Å². The largest absolute Gasteiger partial charge is 0.481 e. The summed E-state index contributed by atoms with van der Waals surface area (Å²) in [6.07, 6.45) is 1.09. The van der Waals surface area contributed by atoms with Gasteiger partial charge in [-0.25, -0.2) is 9.37 Å². The Morgan fingerprint density at radius 1 is 1.32 bits per heavy atom. The Bertz CT molecular complexity index is 745. The summed E-state index contributed by atoms with van der Waals surface area (Å²) in [5, 5.41) is 14.4. The van der Waals surface area contributed by atoms with Gasteiger partial charge in [0.05, 0.1) is 23.5 Å². The van der Waals surface area contributed by atoms with Gasteiger partial charge in [-0.2, -0.15) is 0 Å². The molecule has 1 aromatic heterocycles. The van der Waals surface area contributed by atoms with E-state index in [0.29, 0.717) is 18.5 Å². The molecule has 0 fully saturated rings. The molecule has 0 bridgehead atoms. The maximum Gasteiger partial charge on any atom is 0.305 e. The highest BCUT2D eigenvalue weighted by Crippen LogP contribution is 2.17. The van der Waals surface area contributed by atoms with Crippen LogP contribution in [0.15, 0.2) is 29.6 Å². The van der Waals surface area contributed by atoms with Crippen molar-refractivity contribution in [3.8, 4) is 0 Å². The number of nitrogens with zero attached hydrogens (tertiary/aromatic N) is 1. The van der Waals surface area contributed by atoms with E-state index in [1.54, 1.807) is 19.1 Å². The third-order valence-corrected chi connectivity index (χ3v) is 4.87. The number of thiazole rings is 1. The molecule has 1 amide bonds. The summed E-state index contributed by atoms with van der Waals surface area (Å²) in [7, 11) is 0. The number of carboxylic acid groups (broad SMARTS) is 1. The lowest BCUT2D eigenvalue weighted by atomic mass is 9.94. The molecule has 0 aliphatic carbocycles. The van der Waals surface area contributed by atoms with Gasteiger partial charge in [-0.15, -0.1) is 11.3 Å². The van der Waals surface area contributed by atoms with Crippen LogP contribution < -0.4 is 5.32 Å². The molecule has 0 radical (unpaired) electrons. The smallest absolute Gasteiger partial charge is 0.305 e. The molecular weight excluding hydrogens is 343 g/mol. The van der Waals surface area contributed by atoms with Gasteiger partial charge in [-0.1, -0.05) is 19.1 Å². The lowest BCUT2D eigenvalue weighted by Gasteiger charge is -2.27. The van der Waals surface area contributed by atoms with E-state index >= 15 is 0 Å². The summed E-state index contributed by atoms with van der Waals surface area (Å²) >= 11 is 1.45. The molecule has 1 unspecified atom stereocenters.